The Kier molecular flexibility index (Phi) is 14.1. The van der Waals surface area contributed by atoms with Gasteiger partial charge >= 0.3 is 5.97 Å². The summed E-state index contributed by atoms with van der Waals surface area (Å²) >= 11 is 0. The molecule has 120 valence electrons. The van der Waals surface area contributed by atoms with Gasteiger partial charge in [0.2, 0.25) is 0 Å². The van der Waals surface area contributed by atoms with Crippen molar-refractivity contribution in [1.29, 1.82) is 0 Å². The first-order valence-corrected chi connectivity index (χ1v) is 8.45. The fourth-order valence-corrected chi connectivity index (χ4v) is 2.22. The molecule has 0 bridgehead atoms. The summed E-state index contributed by atoms with van der Waals surface area (Å²) in [5.41, 5.74) is 0.334. The zero-order valence-electron chi connectivity index (χ0n) is 13.8. The van der Waals surface area contributed by atoms with E-state index in [0.717, 1.165) is 6.42 Å². The van der Waals surface area contributed by atoms with E-state index < -0.39 is 5.97 Å². The van der Waals surface area contributed by atoms with Crippen molar-refractivity contribution in [2.24, 2.45) is 0 Å². The van der Waals surface area contributed by atoms with E-state index in [1.54, 1.807) is 18.2 Å². The van der Waals surface area contributed by atoms with Crippen molar-refractivity contribution in [3.63, 3.8) is 0 Å². The van der Waals surface area contributed by atoms with E-state index in [4.69, 9.17) is 5.11 Å². The van der Waals surface area contributed by atoms with Crippen LogP contribution in [-0.2, 0) is 4.79 Å². The summed E-state index contributed by atoms with van der Waals surface area (Å²) < 4.78 is 0. The lowest BCUT2D eigenvalue weighted by atomic mass is 10.1. The molecule has 2 heteroatoms. The van der Waals surface area contributed by atoms with Crippen LogP contribution in [0.15, 0.2) is 36.0 Å². The molecule has 0 rings (SSSR count). The van der Waals surface area contributed by atoms with Gasteiger partial charge in [0.25, 0.3) is 0 Å². The van der Waals surface area contributed by atoms with Crippen LogP contribution in [0.25, 0.3) is 0 Å². The molecular weight excluding hydrogens is 260 g/mol. The van der Waals surface area contributed by atoms with Crippen molar-refractivity contribution < 1.29 is 9.90 Å². The van der Waals surface area contributed by atoms with Gasteiger partial charge in [-0.15, -0.1) is 0 Å². The minimum Gasteiger partial charge on any atom is -0.478 e. The fourth-order valence-electron chi connectivity index (χ4n) is 2.22. The van der Waals surface area contributed by atoms with Gasteiger partial charge in [0.1, 0.15) is 0 Å². The van der Waals surface area contributed by atoms with Crippen LogP contribution >= 0.6 is 0 Å². The molecule has 0 radical (unpaired) electrons. The van der Waals surface area contributed by atoms with Crippen LogP contribution < -0.4 is 0 Å². The maximum absolute atomic E-state index is 10.9. The van der Waals surface area contributed by atoms with E-state index in [0.29, 0.717) is 5.57 Å². The molecule has 1 N–H and O–H groups in total. The highest BCUT2D eigenvalue weighted by Crippen LogP contribution is 2.10. The number of allylic oxidation sites excluding steroid dienone is 4. The zero-order chi connectivity index (χ0) is 15.8. The van der Waals surface area contributed by atoms with Crippen LogP contribution in [0, 0.1) is 0 Å². The molecule has 0 amide bonds. The number of rotatable bonds is 13. The lowest BCUT2D eigenvalue weighted by Crippen LogP contribution is -1.96. The smallest absolute Gasteiger partial charge is 0.335 e. The van der Waals surface area contributed by atoms with Crippen LogP contribution in [0.4, 0.5) is 0 Å². The molecule has 21 heavy (non-hydrogen) atoms. The van der Waals surface area contributed by atoms with E-state index in [9.17, 15) is 4.79 Å². The van der Waals surface area contributed by atoms with Gasteiger partial charge in [0.15, 0.2) is 0 Å². The van der Waals surface area contributed by atoms with Crippen molar-refractivity contribution in [3.8, 4) is 0 Å². The number of carboxylic acids is 1. The van der Waals surface area contributed by atoms with Crippen LogP contribution in [0.1, 0.15) is 78.1 Å². The number of hydrogen-bond acceptors (Lipinski definition) is 1. The number of aliphatic carboxylic acids is 1. The van der Waals surface area contributed by atoms with Crippen LogP contribution in [0.2, 0.25) is 0 Å². The average Bonchev–Trinajstić information content (AvgIpc) is 2.47. The van der Waals surface area contributed by atoms with Gasteiger partial charge < -0.3 is 5.11 Å². The number of hydrogen-bond donors (Lipinski definition) is 1. The highest BCUT2D eigenvalue weighted by Gasteiger charge is 1.99. The van der Waals surface area contributed by atoms with Crippen molar-refractivity contribution in [3.05, 3.63) is 36.0 Å². The maximum Gasteiger partial charge on any atom is 0.335 e. The predicted molar refractivity (Wildman–Crippen MR) is 91.5 cm³/mol. The van der Waals surface area contributed by atoms with E-state index in [-0.39, 0.29) is 0 Å². The molecule has 0 unspecified atom stereocenters. The molecule has 0 aromatic heterocycles. The molecule has 0 saturated carbocycles. The van der Waals surface area contributed by atoms with Crippen LogP contribution in [-0.4, -0.2) is 11.1 Å². The lowest BCUT2D eigenvalue weighted by Gasteiger charge is -2.00. The summed E-state index contributed by atoms with van der Waals surface area (Å²) in [6.45, 7) is 4.07. The Morgan fingerprint density at radius 3 is 2.05 bits per heavy atom. The van der Waals surface area contributed by atoms with Crippen molar-refractivity contribution in [2.75, 3.05) is 0 Å². The van der Waals surface area contributed by atoms with Crippen molar-refractivity contribution in [1.82, 2.24) is 0 Å². The first kappa shape index (κ1) is 19.7. The third-order valence-electron chi connectivity index (χ3n) is 3.48. The molecule has 2 nitrogen and oxygen atoms in total. The average molecular weight is 292 g/mol. The zero-order valence-corrected chi connectivity index (χ0v) is 13.8. The Labute approximate surface area is 130 Å². The molecule has 0 heterocycles. The number of unbranched alkanes of at least 4 members (excludes halogenated alkanes) is 9. The van der Waals surface area contributed by atoms with Gasteiger partial charge in [0, 0.05) is 0 Å². The molecule has 0 aliphatic carbocycles. The van der Waals surface area contributed by atoms with Crippen LogP contribution in [0.3, 0.4) is 0 Å². The van der Waals surface area contributed by atoms with Crippen LogP contribution in [0.5, 0.6) is 0 Å². The van der Waals surface area contributed by atoms with E-state index in [1.807, 2.05) is 13.0 Å². The molecule has 0 aliphatic heterocycles. The Morgan fingerprint density at radius 2 is 1.52 bits per heavy atom. The summed E-state index contributed by atoms with van der Waals surface area (Å²) in [4.78, 5) is 10.9. The standard InChI is InChI=1S/C19H32O2/c1-3-5-6-7-8-9-10-11-12-13-14-15-17-18(16-4-2)19(20)21/h4,14-17H,3,5-13H2,1-2H3,(H,20,21). The minimum atomic E-state index is -0.874. The van der Waals surface area contributed by atoms with Gasteiger partial charge in [0.05, 0.1) is 5.57 Å². The van der Waals surface area contributed by atoms with Gasteiger partial charge in [-0.25, -0.2) is 4.79 Å². The number of carbonyl (C=O) groups is 1. The predicted octanol–water partition coefficient (Wildman–Crippen LogP) is 6.05. The lowest BCUT2D eigenvalue weighted by molar-refractivity contribution is -0.132. The largest absolute Gasteiger partial charge is 0.478 e. The third-order valence-corrected chi connectivity index (χ3v) is 3.48. The third kappa shape index (κ3) is 13.4. The second kappa shape index (κ2) is 15.1. The highest BCUT2D eigenvalue weighted by atomic mass is 16.4. The molecular formula is C19H32O2. The Bertz CT molecular complexity index is 337. The Balaban J connectivity index is 3.56. The summed E-state index contributed by atoms with van der Waals surface area (Å²) in [5.74, 6) is -0.874. The Hall–Kier alpha value is -1.31. The van der Waals surface area contributed by atoms with Crippen molar-refractivity contribution in [2.45, 2.75) is 78.1 Å². The fraction of sp³-hybridized carbons (Fsp3) is 0.632. The summed E-state index contributed by atoms with van der Waals surface area (Å²) in [6, 6.07) is 0. The topological polar surface area (TPSA) is 37.3 Å². The summed E-state index contributed by atoms with van der Waals surface area (Å²) in [6.07, 6.45) is 22.0. The quantitative estimate of drug-likeness (QED) is 0.255. The van der Waals surface area contributed by atoms with Gasteiger partial charge in [-0.05, 0) is 25.8 Å². The van der Waals surface area contributed by atoms with E-state index >= 15 is 0 Å². The molecule has 0 aromatic carbocycles. The molecule has 0 aliphatic rings. The summed E-state index contributed by atoms with van der Waals surface area (Å²) in [5, 5.41) is 8.93. The monoisotopic (exact) mass is 292 g/mol. The molecule has 0 aromatic rings. The maximum atomic E-state index is 10.9. The molecule has 0 saturated heterocycles. The normalized spacial score (nSPS) is 12.6. The summed E-state index contributed by atoms with van der Waals surface area (Å²) in [7, 11) is 0. The van der Waals surface area contributed by atoms with Gasteiger partial charge in [-0.1, -0.05) is 82.6 Å². The molecule has 0 atom stereocenters. The van der Waals surface area contributed by atoms with E-state index in [1.165, 1.54) is 57.8 Å². The van der Waals surface area contributed by atoms with Gasteiger partial charge in [-0.3, -0.25) is 0 Å². The minimum absolute atomic E-state index is 0.334. The highest BCUT2D eigenvalue weighted by molar-refractivity contribution is 5.90. The first-order valence-electron chi connectivity index (χ1n) is 8.45. The first-order chi connectivity index (χ1) is 10.2. The van der Waals surface area contributed by atoms with Crippen molar-refractivity contribution >= 4 is 5.97 Å². The SMILES string of the molecule is CC=CC(=CC=CCCCCCCCCCCC)C(=O)O. The molecule has 0 fully saturated rings. The Morgan fingerprint density at radius 1 is 0.952 bits per heavy atom. The molecule has 0 spiro atoms. The van der Waals surface area contributed by atoms with E-state index in [2.05, 4.69) is 13.0 Å². The van der Waals surface area contributed by atoms with Gasteiger partial charge in [-0.2, -0.15) is 0 Å². The number of carboxylic acid groups (broad SMARTS) is 1. The second-order valence-electron chi connectivity index (χ2n) is 5.47. The second-order valence-corrected chi connectivity index (χ2v) is 5.47.